The van der Waals surface area contributed by atoms with Crippen LogP contribution in [0.4, 0.5) is 0 Å². The number of benzene rings is 2. The quantitative estimate of drug-likeness (QED) is 0.824. The molecule has 0 amide bonds. The summed E-state index contributed by atoms with van der Waals surface area (Å²) in [7, 11) is -3.71. The number of sulfonamides is 1. The Labute approximate surface area is 160 Å². The maximum atomic E-state index is 12.9. The molecule has 0 spiro atoms. The van der Waals surface area contributed by atoms with E-state index in [4.69, 9.17) is 10.00 Å². The number of nitrogens with zero attached hydrogens (tertiary/aromatic N) is 2. The predicted molar refractivity (Wildman–Crippen MR) is 103 cm³/mol. The van der Waals surface area contributed by atoms with E-state index in [0.29, 0.717) is 25.3 Å². The smallest absolute Gasteiger partial charge is 0.241 e. The molecular weight excluding hydrogens is 362 g/mol. The van der Waals surface area contributed by atoms with Crippen LogP contribution in [0, 0.1) is 18.3 Å². The van der Waals surface area contributed by atoms with Crippen LogP contribution in [0.1, 0.15) is 22.7 Å². The molecule has 0 saturated carbocycles. The summed E-state index contributed by atoms with van der Waals surface area (Å²) in [6.45, 7) is 5.44. The molecule has 0 radical (unpaired) electrons. The van der Waals surface area contributed by atoms with E-state index in [0.717, 1.165) is 24.2 Å². The summed E-state index contributed by atoms with van der Waals surface area (Å²) in [5, 5.41) is 8.90. The lowest BCUT2D eigenvalue weighted by atomic mass is 10.1. The number of morpholine rings is 1. The Morgan fingerprint density at radius 3 is 2.33 bits per heavy atom. The van der Waals surface area contributed by atoms with E-state index in [1.54, 1.807) is 0 Å². The Morgan fingerprint density at radius 1 is 1.11 bits per heavy atom. The fraction of sp³-hybridized carbons (Fsp3) is 0.350. The minimum Gasteiger partial charge on any atom is -0.379 e. The Kier molecular flexibility index (Phi) is 6.24. The minimum atomic E-state index is -3.71. The first-order valence-corrected chi connectivity index (χ1v) is 10.4. The van der Waals surface area contributed by atoms with Crippen LogP contribution < -0.4 is 4.72 Å². The maximum Gasteiger partial charge on any atom is 0.241 e. The highest BCUT2D eigenvalue weighted by Gasteiger charge is 2.24. The molecule has 1 heterocycles. The van der Waals surface area contributed by atoms with E-state index >= 15 is 0 Å². The van der Waals surface area contributed by atoms with Crippen molar-refractivity contribution >= 4 is 10.0 Å². The van der Waals surface area contributed by atoms with Crippen LogP contribution in [0.3, 0.4) is 0 Å². The number of aryl methyl sites for hydroxylation is 1. The van der Waals surface area contributed by atoms with E-state index in [1.807, 2.05) is 37.3 Å². The molecule has 1 aliphatic rings. The molecule has 1 N–H and O–H groups in total. The molecule has 0 aromatic heterocycles. The summed E-state index contributed by atoms with van der Waals surface area (Å²) in [4.78, 5) is 2.36. The highest BCUT2D eigenvalue weighted by atomic mass is 32.2. The minimum absolute atomic E-state index is 0.153. The molecule has 0 unspecified atom stereocenters. The zero-order chi connectivity index (χ0) is 19.3. The largest absolute Gasteiger partial charge is 0.379 e. The van der Waals surface area contributed by atoms with Crippen molar-refractivity contribution in [3.8, 4) is 6.07 Å². The van der Waals surface area contributed by atoms with Gasteiger partial charge in [-0.25, -0.2) is 13.1 Å². The van der Waals surface area contributed by atoms with Gasteiger partial charge in [0.2, 0.25) is 10.0 Å². The Bertz CT molecular complexity index is 897. The first-order chi connectivity index (χ1) is 13.0. The second-order valence-corrected chi connectivity index (χ2v) is 8.35. The summed E-state index contributed by atoms with van der Waals surface area (Å²) >= 11 is 0. The van der Waals surface area contributed by atoms with E-state index in [2.05, 4.69) is 9.62 Å². The fourth-order valence-electron chi connectivity index (χ4n) is 3.02. The predicted octanol–water partition coefficient (Wildman–Crippen LogP) is 2.22. The van der Waals surface area contributed by atoms with Gasteiger partial charge >= 0.3 is 0 Å². The van der Waals surface area contributed by atoms with Gasteiger partial charge < -0.3 is 4.74 Å². The molecule has 1 saturated heterocycles. The van der Waals surface area contributed by atoms with Crippen molar-refractivity contribution in [2.75, 3.05) is 32.8 Å². The number of nitriles is 1. The molecule has 2 aromatic carbocycles. The zero-order valence-electron chi connectivity index (χ0n) is 15.3. The van der Waals surface area contributed by atoms with Gasteiger partial charge in [0.25, 0.3) is 0 Å². The Balaban J connectivity index is 1.84. The SMILES string of the molecule is Cc1ccc([C@H](CN2CCOCC2)NS(=O)(=O)c2ccc(C#N)cc2)cc1. The van der Waals surface area contributed by atoms with Gasteiger partial charge in [0.1, 0.15) is 0 Å². The normalized spacial score (nSPS) is 16.6. The summed E-state index contributed by atoms with van der Waals surface area (Å²) in [5.41, 5.74) is 2.47. The molecule has 0 aliphatic carbocycles. The zero-order valence-corrected chi connectivity index (χ0v) is 16.1. The van der Waals surface area contributed by atoms with Crippen LogP contribution in [0.5, 0.6) is 0 Å². The van der Waals surface area contributed by atoms with Gasteiger partial charge in [0.05, 0.1) is 35.8 Å². The van der Waals surface area contributed by atoms with Crippen LogP contribution in [0.25, 0.3) is 0 Å². The van der Waals surface area contributed by atoms with Crippen molar-refractivity contribution in [2.45, 2.75) is 17.9 Å². The average molecular weight is 385 g/mol. The summed E-state index contributed by atoms with van der Waals surface area (Å²) in [6.07, 6.45) is 0. The van der Waals surface area contributed by atoms with Gasteiger partial charge in [-0.1, -0.05) is 29.8 Å². The molecule has 1 aliphatic heterocycles. The maximum absolute atomic E-state index is 12.9. The molecule has 1 fully saturated rings. The molecule has 142 valence electrons. The van der Waals surface area contributed by atoms with Crippen LogP contribution in [0.15, 0.2) is 53.4 Å². The van der Waals surface area contributed by atoms with E-state index in [1.165, 1.54) is 24.3 Å². The monoisotopic (exact) mass is 385 g/mol. The summed E-state index contributed by atoms with van der Waals surface area (Å²) in [5.74, 6) is 0. The van der Waals surface area contributed by atoms with Gasteiger partial charge in [-0.15, -0.1) is 0 Å². The molecule has 2 aromatic rings. The molecule has 6 nitrogen and oxygen atoms in total. The van der Waals surface area contributed by atoms with Crippen LogP contribution in [0.2, 0.25) is 0 Å². The molecule has 1 atom stereocenters. The van der Waals surface area contributed by atoms with Gasteiger partial charge in [-0.2, -0.15) is 5.26 Å². The third kappa shape index (κ3) is 5.15. The van der Waals surface area contributed by atoms with Crippen molar-refractivity contribution in [2.24, 2.45) is 0 Å². The number of hydrogen-bond donors (Lipinski definition) is 1. The number of ether oxygens (including phenoxy) is 1. The summed E-state index contributed by atoms with van der Waals surface area (Å²) in [6, 6.07) is 15.5. The highest BCUT2D eigenvalue weighted by Crippen LogP contribution is 2.20. The van der Waals surface area contributed by atoms with Gasteiger partial charge in [-0.3, -0.25) is 4.90 Å². The third-order valence-corrected chi connectivity index (χ3v) is 6.10. The lowest BCUT2D eigenvalue weighted by Gasteiger charge is -2.31. The topological polar surface area (TPSA) is 82.4 Å². The standard InChI is InChI=1S/C20H23N3O3S/c1-16-2-6-18(7-3-16)20(15-23-10-12-26-13-11-23)22-27(24,25)19-8-4-17(14-21)5-9-19/h2-9,20,22H,10-13,15H2,1H3/t20-/m0/s1. The lowest BCUT2D eigenvalue weighted by Crippen LogP contribution is -2.43. The number of hydrogen-bond acceptors (Lipinski definition) is 5. The van der Waals surface area contributed by atoms with E-state index < -0.39 is 10.0 Å². The molecular formula is C20H23N3O3S. The van der Waals surface area contributed by atoms with Crippen LogP contribution >= 0.6 is 0 Å². The van der Waals surface area contributed by atoms with E-state index in [-0.39, 0.29) is 10.9 Å². The lowest BCUT2D eigenvalue weighted by molar-refractivity contribution is 0.0345. The van der Waals surface area contributed by atoms with Crippen LogP contribution in [-0.4, -0.2) is 46.2 Å². The number of nitrogens with one attached hydrogen (secondary N) is 1. The van der Waals surface area contributed by atoms with Crippen molar-refractivity contribution < 1.29 is 13.2 Å². The second kappa shape index (κ2) is 8.63. The van der Waals surface area contributed by atoms with Gasteiger partial charge in [0.15, 0.2) is 0 Å². The highest BCUT2D eigenvalue weighted by molar-refractivity contribution is 7.89. The molecule has 7 heteroatoms. The Hall–Kier alpha value is -2.24. The third-order valence-electron chi connectivity index (χ3n) is 4.62. The molecule has 27 heavy (non-hydrogen) atoms. The average Bonchev–Trinajstić information content (AvgIpc) is 2.69. The molecule has 3 rings (SSSR count). The number of rotatable bonds is 6. The van der Waals surface area contributed by atoms with Crippen molar-refractivity contribution in [1.29, 1.82) is 5.26 Å². The van der Waals surface area contributed by atoms with Crippen molar-refractivity contribution in [3.63, 3.8) is 0 Å². The Morgan fingerprint density at radius 2 is 1.74 bits per heavy atom. The van der Waals surface area contributed by atoms with Crippen molar-refractivity contribution in [3.05, 3.63) is 65.2 Å². The van der Waals surface area contributed by atoms with Gasteiger partial charge in [-0.05, 0) is 36.8 Å². The van der Waals surface area contributed by atoms with E-state index in [9.17, 15) is 8.42 Å². The fourth-order valence-corrected chi connectivity index (χ4v) is 4.23. The van der Waals surface area contributed by atoms with Crippen molar-refractivity contribution in [1.82, 2.24) is 9.62 Å². The first kappa shape index (κ1) is 19.5. The van der Waals surface area contributed by atoms with Crippen LogP contribution in [-0.2, 0) is 14.8 Å². The summed E-state index contributed by atoms with van der Waals surface area (Å²) < 4.78 is 34.0. The van der Waals surface area contributed by atoms with Gasteiger partial charge in [0, 0.05) is 19.6 Å². The molecule has 0 bridgehead atoms. The second-order valence-electron chi connectivity index (χ2n) is 6.63. The first-order valence-electron chi connectivity index (χ1n) is 8.87.